The van der Waals surface area contributed by atoms with E-state index in [9.17, 15) is 0 Å². The van der Waals surface area contributed by atoms with Gasteiger partial charge in [-0.3, -0.25) is 0 Å². The summed E-state index contributed by atoms with van der Waals surface area (Å²) in [7, 11) is 0. The van der Waals surface area contributed by atoms with Gasteiger partial charge in [-0.1, -0.05) is 146 Å². The summed E-state index contributed by atoms with van der Waals surface area (Å²) in [5.41, 5.74) is 13.4. The Hall–Kier alpha value is -7.92. The van der Waals surface area contributed by atoms with Crippen molar-refractivity contribution in [1.29, 1.82) is 0 Å². The number of furan rings is 1. The second-order valence-corrected chi connectivity index (χ2v) is 17.1. The Morgan fingerprint density at radius 2 is 0.968 bits per heavy atom. The van der Waals surface area contributed by atoms with Gasteiger partial charge in [0, 0.05) is 64.0 Å². The molecule has 290 valence electrons. The third-order valence-corrected chi connectivity index (χ3v) is 13.7. The van der Waals surface area contributed by atoms with E-state index >= 15 is 0 Å². The first-order valence-electron chi connectivity index (χ1n) is 21.1. The topological polar surface area (TPSA) is 21.3 Å². The number of anilines is 3. The Labute approximate surface area is 361 Å². The lowest BCUT2D eigenvalue weighted by Gasteiger charge is -2.27. The molecule has 3 aromatic heterocycles. The lowest BCUT2D eigenvalue weighted by molar-refractivity contribution is 0.673. The van der Waals surface area contributed by atoms with Gasteiger partial charge in [0.25, 0.3) is 0 Å². The molecule has 0 aliphatic heterocycles. The Bertz CT molecular complexity index is 3820. The normalized spacial score (nSPS) is 11.9. The van der Waals surface area contributed by atoms with Crippen molar-refractivity contribution in [3.63, 3.8) is 0 Å². The van der Waals surface area contributed by atoms with Crippen LogP contribution in [0.5, 0.6) is 0 Å². The van der Waals surface area contributed by atoms with E-state index in [1.165, 1.54) is 52.9 Å². The molecule has 13 rings (SSSR count). The summed E-state index contributed by atoms with van der Waals surface area (Å²) in [6, 6.07) is 79.2. The van der Waals surface area contributed by atoms with Crippen LogP contribution >= 0.6 is 11.3 Å². The quantitative estimate of drug-likeness (QED) is 0.167. The Kier molecular flexibility index (Phi) is 7.78. The minimum atomic E-state index is 0.899. The molecule has 3 nitrogen and oxygen atoms in total. The molecule has 0 unspecified atom stereocenters. The first-order valence-corrected chi connectivity index (χ1v) is 21.9. The molecule has 0 fully saturated rings. The monoisotopic (exact) mass is 808 g/mol. The predicted molar refractivity (Wildman–Crippen MR) is 264 cm³/mol. The lowest BCUT2D eigenvalue weighted by atomic mass is 9.97. The fourth-order valence-corrected chi connectivity index (χ4v) is 11.0. The number of aromatic nitrogens is 1. The molecule has 3 heterocycles. The third kappa shape index (κ3) is 5.30. The highest BCUT2D eigenvalue weighted by Gasteiger charge is 2.21. The van der Waals surface area contributed by atoms with Crippen LogP contribution in [0.3, 0.4) is 0 Å². The molecule has 0 saturated carbocycles. The fraction of sp³-hybridized carbons (Fsp3) is 0. The molecule has 0 saturated heterocycles. The second kappa shape index (κ2) is 13.8. The van der Waals surface area contributed by atoms with E-state index in [1.807, 2.05) is 11.3 Å². The second-order valence-electron chi connectivity index (χ2n) is 16.0. The summed E-state index contributed by atoms with van der Waals surface area (Å²) in [5, 5.41) is 9.64. The number of nitrogens with zero attached hydrogens (tertiary/aromatic N) is 2. The van der Waals surface area contributed by atoms with Crippen LogP contribution in [0.4, 0.5) is 17.1 Å². The predicted octanol–water partition coefficient (Wildman–Crippen LogP) is 17.0. The van der Waals surface area contributed by atoms with Crippen molar-refractivity contribution in [2.45, 2.75) is 0 Å². The number of para-hydroxylation sites is 3. The number of fused-ring (bicyclic) bond motifs is 11. The van der Waals surface area contributed by atoms with Crippen LogP contribution < -0.4 is 4.90 Å². The van der Waals surface area contributed by atoms with Crippen LogP contribution in [0.25, 0.3) is 103 Å². The van der Waals surface area contributed by atoms with Crippen molar-refractivity contribution in [2.75, 3.05) is 4.90 Å². The Morgan fingerprint density at radius 1 is 0.387 bits per heavy atom. The van der Waals surface area contributed by atoms with E-state index < -0.39 is 0 Å². The number of hydrogen-bond acceptors (Lipinski definition) is 3. The zero-order valence-electron chi connectivity index (χ0n) is 33.5. The van der Waals surface area contributed by atoms with Gasteiger partial charge in [-0.25, -0.2) is 0 Å². The van der Waals surface area contributed by atoms with Crippen molar-refractivity contribution in [3.05, 3.63) is 218 Å². The highest BCUT2D eigenvalue weighted by molar-refractivity contribution is 7.26. The third-order valence-electron chi connectivity index (χ3n) is 12.6. The largest absolute Gasteiger partial charge is 0.455 e. The fourth-order valence-electron chi connectivity index (χ4n) is 9.84. The average Bonchev–Trinajstić information content (AvgIpc) is 4.03. The van der Waals surface area contributed by atoms with Crippen LogP contribution in [0, 0.1) is 0 Å². The van der Waals surface area contributed by atoms with E-state index in [4.69, 9.17) is 4.42 Å². The van der Waals surface area contributed by atoms with E-state index in [-0.39, 0.29) is 0 Å². The minimum Gasteiger partial charge on any atom is -0.455 e. The molecular formula is C58H36N2OS. The van der Waals surface area contributed by atoms with Gasteiger partial charge in [-0.2, -0.15) is 0 Å². The van der Waals surface area contributed by atoms with E-state index in [0.29, 0.717) is 0 Å². The number of rotatable bonds is 6. The maximum atomic E-state index is 6.57. The van der Waals surface area contributed by atoms with Crippen molar-refractivity contribution >= 4 is 103 Å². The van der Waals surface area contributed by atoms with E-state index in [1.54, 1.807) is 0 Å². The molecule has 0 spiro atoms. The van der Waals surface area contributed by atoms with E-state index in [0.717, 1.165) is 66.8 Å². The molecule has 0 radical (unpaired) electrons. The maximum Gasteiger partial charge on any atom is 0.143 e. The molecule has 0 N–H and O–H groups in total. The summed E-state index contributed by atoms with van der Waals surface area (Å²) >= 11 is 1.85. The zero-order chi connectivity index (χ0) is 40.7. The zero-order valence-corrected chi connectivity index (χ0v) is 34.3. The molecule has 10 aromatic carbocycles. The van der Waals surface area contributed by atoms with Gasteiger partial charge in [0.05, 0.1) is 22.4 Å². The van der Waals surface area contributed by atoms with Crippen LogP contribution in [0.1, 0.15) is 0 Å². The number of benzene rings is 10. The molecule has 0 bridgehead atoms. The highest BCUT2D eigenvalue weighted by Crippen LogP contribution is 2.46. The smallest absolute Gasteiger partial charge is 0.143 e. The first-order chi connectivity index (χ1) is 30.8. The molecule has 13 aromatic rings. The van der Waals surface area contributed by atoms with Gasteiger partial charge in [0.2, 0.25) is 0 Å². The van der Waals surface area contributed by atoms with Gasteiger partial charge in [-0.05, 0) is 94.9 Å². The minimum absolute atomic E-state index is 0.899. The molecule has 0 aliphatic carbocycles. The van der Waals surface area contributed by atoms with Crippen LogP contribution in [0.15, 0.2) is 223 Å². The van der Waals surface area contributed by atoms with Crippen molar-refractivity contribution in [2.24, 2.45) is 0 Å². The average molecular weight is 809 g/mol. The van der Waals surface area contributed by atoms with Crippen molar-refractivity contribution in [3.8, 4) is 27.9 Å². The first kappa shape index (κ1) is 34.9. The molecule has 0 aliphatic rings. The molecular weight excluding hydrogens is 773 g/mol. The van der Waals surface area contributed by atoms with Gasteiger partial charge in [0.15, 0.2) is 0 Å². The van der Waals surface area contributed by atoms with Crippen LogP contribution in [-0.4, -0.2) is 4.57 Å². The molecule has 0 atom stereocenters. The van der Waals surface area contributed by atoms with Gasteiger partial charge in [-0.15, -0.1) is 11.3 Å². The van der Waals surface area contributed by atoms with E-state index in [2.05, 4.69) is 228 Å². The summed E-state index contributed by atoms with van der Waals surface area (Å²) in [5.74, 6) is 0. The SMILES string of the molecule is c1ccc(-n2c3ccccc3c3ccccc32)c(-c2ccc(N(c3ccc(-c4cccc5oc6c7ccccc7ccc6c45)cc3)c3cccc4sc5ccccc5c34)cc2)c1. The Balaban J connectivity index is 0.959. The van der Waals surface area contributed by atoms with Crippen LogP contribution in [-0.2, 0) is 0 Å². The molecule has 4 heteroatoms. The summed E-state index contributed by atoms with van der Waals surface area (Å²) in [6.07, 6.45) is 0. The van der Waals surface area contributed by atoms with Gasteiger partial charge < -0.3 is 13.9 Å². The molecule has 62 heavy (non-hydrogen) atoms. The summed E-state index contributed by atoms with van der Waals surface area (Å²) in [6.45, 7) is 0. The molecule has 0 amide bonds. The Morgan fingerprint density at radius 3 is 1.73 bits per heavy atom. The van der Waals surface area contributed by atoms with Gasteiger partial charge in [0.1, 0.15) is 11.2 Å². The summed E-state index contributed by atoms with van der Waals surface area (Å²) in [4.78, 5) is 2.42. The van der Waals surface area contributed by atoms with Crippen LogP contribution in [0.2, 0.25) is 0 Å². The number of thiophene rings is 1. The van der Waals surface area contributed by atoms with Gasteiger partial charge >= 0.3 is 0 Å². The maximum absolute atomic E-state index is 6.57. The standard InChI is InChI=1S/C58H36N2OS/c1-2-15-44-37(13-1)31-36-48-56-43(19-11-24-53(56)61-58(44)48)39-29-34-41(35-30-39)59(52-23-12-26-55-57(52)47-18-6-10-25-54(47)62-55)40-32-27-38(28-33-40)42-14-3-7-20-49(42)60-50-21-8-4-16-45(50)46-17-5-9-22-51(46)60/h1-36H. The summed E-state index contributed by atoms with van der Waals surface area (Å²) < 4.78 is 11.5. The number of hydrogen-bond donors (Lipinski definition) is 0. The highest BCUT2D eigenvalue weighted by atomic mass is 32.1. The van der Waals surface area contributed by atoms with Crippen molar-refractivity contribution in [1.82, 2.24) is 4.57 Å². The van der Waals surface area contributed by atoms with Crippen molar-refractivity contribution < 1.29 is 4.42 Å². The lowest BCUT2D eigenvalue weighted by Crippen LogP contribution is -2.10.